The molecule has 0 unspecified atom stereocenters. The molecule has 0 saturated carbocycles. The van der Waals surface area contributed by atoms with Gasteiger partial charge in [-0.2, -0.15) is 5.10 Å². The largest absolute Gasteiger partial charge is 0.357 e. The van der Waals surface area contributed by atoms with E-state index in [0.29, 0.717) is 12.2 Å². The first-order chi connectivity index (χ1) is 13.7. The molecule has 2 N–H and O–H groups in total. The van der Waals surface area contributed by atoms with Crippen molar-refractivity contribution in [2.75, 3.05) is 13.1 Å². The highest BCUT2D eigenvalue weighted by atomic mass is 127. The van der Waals surface area contributed by atoms with Gasteiger partial charge in [0.15, 0.2) is 5.96 Å². The molecule has 2 heterocycles. The lowest BCUT2D eigenvalue weighted by atomic mass is 10.2. The molecule has 0 aliphatic heterocycles. The van der Waals surface area contributed by atoms with Gasteiger partial charge >= 0.3 is 0 Å². The van der Waals surface area contributed by atoms with Gasteiger partial charge in [-0.25, -0.2) is 14.4 Å². The van der Waals surface area contributed by atoms with Crippen molar-refractivity contribution in [3.05, 3.63) is 66.3 Å². The van der Waals surface area contributed by atoms with E-state index in [9.17, 15) is 4.39 Å². The summed E-state index contributed by atoms with van der Waals surface area (Å²) >= 11 is 0. The van der Waals surface area contributed by atoms with E-state index in [2.05, 4.69) is 25.7 Å². The quantitative estimate of drug-likeness (QED) is 0.211. The second-order valence-corrected chi connectivity index (χ2v) is 6.37. The molecule has 156 valence electrons. The van der Waals surface area contributed by atoms with E-state index in [1.807, 2.05) is 36.9 Å². The van der Waals surface area contributed by atoms with Gasteiger partial charge in [-0.3, -0.25) is 4.68 Å². The molecule has 3 aromatic rings. The Balaban J connectivity index is 0.00000300. The zero-order valence-corrected chi connectivity index (χ0v) is 19.0. The topological polar surface area (TPSA) is 72.1 Å². The summed E-state index contributed by atoms with van der Waals surface area (Å²) in [5.74, 6) is 1.18. The smallest absolute Gasteiger partial charge is 0.191 e. The molecule has 3 rings (SSSR count). The Bertz CT molecular complexity index is 905. The van der Waals surface area contributed by atoms with E-state index in [1.165, 1.54) is 6.07 Å². The Morgan fingerprint density at radius 1 is 1.21 bits per heavy atom. The van der Waals surface area contributed by atoms with E-state index in [0.717, 1.165) is 43.4 Å². The predicted molar refractivity (Wildman–Crippen MR) is 123 cm³/mol. The van der Waals surface area contributed by atoms with Crippen molar-refractivity contribution < 1.29 is 4.39 Å². The number of nitrogens with one attached hydrogen (secondary N) is 2. The van der Waals surface area contributed by atoms with Crippen LogP contribution in [0.5, 0.6) is 0 Å². The van der Waals surface area contributed by atoms with Crippen molar-refractivity contribution in [2.45, 2.75) is 33.4 Å². The lowest BCUT2D eigenvalue weighted by molar-refractivity contribution is 0.570. The minimum atomic E-state index is -0.286. The van der Waals surface area contributed by atoms with Gasteiger partial charge in [0.1, 0.15) is 11.6 Å². The van der Waals surface area contributed by atoms with E-state index in [4.69, 9.17) is 0 Å². The van der Waals surface area contributed by atoms with Crippen molar-refractivity contribution in [1.29, 1.82) is 0 Å². The Morgan fingerprint density at radius 3 is 2.72 bits per heavy atom. The first-order valence-corrected chi connectivity index (χ1v) is 9.45. The number of aliphatic imine (C=N–C) groups is 1. The van der Waals surface area contributed by atoms with Crippen LogP contribution in [-0.4, -0.2) is 38.4 Å². The molecule has 0 atom stereocenters. The molecule has 0 radical (unpaired) electrons. The number of hydrogen-bond acceptors (Lipinski definition) is 3. The van der Waals surface area contributed by atoms with Crippen LogP contribution in [0.1, 0.15) is 24.7 Å². The third kappa shape index (κ3) is 6.55. The molecule has 0 spiro atoms. The lowest BCUT2D eigenvalue weighted by Gasteiger charge is -2.12. The zero-order chi connectivity index (χ0) is 19.8. The van der Waals surface area contributed by atoms with Crippen LogP contribution >= 0.6 is 24.0 Å². The minimum absolute atomic E-state index is 0. The number of guanidine groups is 1. The van der Waals surface area contributed by atoms with Crippen molar-refractivity contribution in [3.8, 4) is 5.69 Å². The summed E-state index contributed by atoms with van der Waals surface area (Å²) in [6.07, 6.45) is 8.07. The Hall–Kier alpha value is -2.43. The highest BCUT2D eigenvalue weighted by Gasteiger charge is 2.08. The minimum Gasteiger partial charge on any atom is -0.357 e. The van der Waals surface area contributed by atoms with Gasteiger partial charge in [-0.15, -0.1) is 24.0 Å². The maximum Gasteiger partial charge on any atom is 0.191 e. The monoisotopic (exact) mass is 511 g/mol. The summed E-state index contributed by atoms with van der Waals surface area (Å²) in [4.78, 5) is 8.70. The zero-order valence-electron chi connectivity index (χ0n) is 16.7. The number of aryl methyl sites for hydroxylation is 2. The van der Waals surface area contributed by atoms with E-state index in [-0.39, 0.29) is 29.8 Å². The van der Waals surface area contributed by atoms with Crippen LogP contribution in [0.4, 0.5) is 4.39 Å². The molecule has 2 aromatic heterocycles. The average molecular weight is 511 g/mol. The Labute approximate surface area is 187 Å². The van der Waals surface area contributed by atoms with E-state index >= 15 is 0 Å². The van der Waals surface area contributed by atoms with Crippen molar-refractivity contribution >= 4 is 29.9 Å². The number of imidazole rings is 1. The van der Waals surface area contributed by atoms with Gasteiger partial charge < -0.3 is 15.2 Å². The molecule has 0 bridgehead atoms. The average Bonchev–Trinajstić information content (AvgIpc) is 3.35. The number of benzene rings is 1. The van der Waals surface area contributed by atoms with Crippen LogP contribution in [0.25, 0.3) is 5.69 Å². The van der Waals surface area contributed by atoms with Crippen LogP contribution in [-0.2, 0) is 13.1 Å². The van der Waals surface area contributed by atoms with Crippen LogP contribution < -0.4 is 10.6 Å². The summed E-state index contributed by atoms with van der Waals surface area (Å²) in [6, 6.07) is 7.10. The maximum atomic E-state index is 14.5. The molecule has 29 heavy (non-hydrogen) atoms. The summed E-state index contributed by atoms with van der Waals surface area (Å²) in [5, 5.41) is 10.7. The summed E-state index contributed by atoms with van der Waals surface area (Å²) in [7, 11) is 0. The molecule has 1 aromatic carbocycles. The normalized spacial score (nSPS) is 11.2. The summed E-state index contributed by atoms with van der Waals surface area (Å²) in [5.41, 5.74) is 1.30. The fourth-order valence-corrected chi connectivity index (χ4v) is 2.87. The second-order valence-electron chi connectivity index (χ2n) is 6.37. The first kappa shape index (κ1) is 22.9. The maximum absolute atomic E-state index is 14.5. The Morgan fingerprint density at radius 2 is 2.07 bits per heavy atom. The molecule has 0 aliphatic rings. The van der Waals surface area contributed by atoms with Gasteiger partial charge in [-0.1, -0.05) is 6.07 Å². The van der Waals surface area contributed by atoms with Gasteiger partial charge in [0.25, 0.3) is 0 Å². The van der Waals surface area contributed by atoms with Crippen LogP contribution in [0, 0.1) is 12.7 Å². The van der Waals surface area contributed by atoms with Gasteiger partial charge in [0, 0.05) is 44.4 Å². The third-order valence-corrected chi connectivity index (χ3v) is 4.28. The third-order valence-electron chi connectivity index (χ3n) is 4.28. The SMILES string of the molecule is CCNC(=NCc1ccc(-n2ccnc2C)c(F)c1)NCCCn1cccn1.I. The van der Waals surface area contributed by atoms with Gasteiger partial charge in [0.2, 0.25) is 0 Å². The molecule has 0 saturated heterocycles. The molecule has 0 amide bonds. The van der Waals surface area contributed by atoms with Crippen molar-refractivity contribution in [3.63, 3.8) is 0 Å². The lowest BCUT2D eigenvalue weighted by Crippen LogP contribution is -2.38. The molecule has 9 heteroatoms. The van der Waals surface area contributed by atoms with E-state index < -0.39 is 0 Å². The number of hydrogen-bond donors (Lipinski definition) is 2. The predicted octanol–water partition coefficient (Wildman–Crippen LogP) is 3.28. The molecule has 0 aliphatic carbocycles. The fourth-order valence-electron chi connectivity index (χ4n) is 2.87. The highest BCUT2D eigenvalue weighted by Crippen LogP contribution is 2.17. The number of nitrogens with zero attached hydrogens (tertiary/aromatic N) is 5. The standard InChI is InChI=1S/C20H26FN7.HI/c1-3-22-20(24-8-4-11-27-12-5-9-26-27)25-15-17-6-7-19(18(21)14-17)28-13-10-23-16(28)2;/h5-7,9-10,12-14H,3-4,8,11,15H2,1-2H3,(H2,22,24,25);1H. The fraction of sp³-hybridized carbons (Fsp3) is 0.350. The number of aromatic nitrogens is 4. The number of halogens is 2. The van der Waals surface area contributed by atoms with Gasteiger partial charge in [0.05, 0.1) is 12.2 Å². The number of rotatable bonds is 8. The van der Waals surface area contributed by atoms with Crippen LogP contribution in [0.3, 0.4) is 0 Å². The first-order valence-electron chi connectivity index (χ1n) is 9.45. The van der Waals surface area contributed by atoms with Crippen LogP contribution in [0.2, 0.25) is 0 Å². The van der Waals surface area contributed by atoms with E-state index in [1.54, 1.807) is 29.2 Å². The van der Waals surface area contributed by atoms with Gasteiger partial charge in [-0.05, 0) is 44.0 Å². The van der Waals surface area contributed by atoms with Crippen molar-refractivity contribution in [1.82, 2.24) is 30.0 Å². The molecular weight excluding hydrogens is 484 g/mol. The highest BCUT2D eigenvalue weighted by molar-refractivity contribution is 14.0. The Kier molecular flexibility index (Phi) is 9.10. The molecule has 0 fully saturated rings. The van der Waals surface area contributed by atoms with Crippen molar-refractivity contribution in [2.24, 2.45) is 4.99 Å². The second kappa shape index (κ2) is 11.5. The van der Waals surface area contributed by atoms with Crippen LogP contribution in [0.15, 0.2) is 54.0 Å². The summed E-state index contributed by atoms with van der Waals surface area (Å²) in [6.45, 7) is 6.65. The molecule has 7 nitrogen and oxygen atoms in total. The molecular formula is C20H27FIN7. The summed E-state index contributed by atoms with van der Waals surface area (Å²) < 4.78 is 18.1.